The number of benzene rings is 1. The van der Waals surface area contributed by atoms with Crippen LogP contribution in [0.2, 0.25) is 0 Å². The molecule has 1 aromatic rings. The maximum Gasteiger partial charge on any atom is 0.0918 e. The molecule has 0 bridgehead atoms. The first-order chi connectivity index (χ1) is 12.3. The molecule has 0 saturated carbocycles. The van der Waals surface area contributed by atoms with E-state index < -0.39 is 31.3 Å². The lowest BCUT2D eigenvalue weighted by Gasteiger charge is -2.40. The van der Waals surface area contributed by atoms with Gasteiger partial charge in [0.05, 0.1) is 31.3 Å². The molecule has 4 heteroatoms. The SMILES string of the molecule is CCC(C)c1cc(C(C)(C)C)c(C(O)C(CO)(CO)CO)c(C(C)(C)C)c1. The van der Waals surface area contributed by atoms with Gasteiger partial charge in [-0.25, -0.2) is 0 Å². The van der Waals surface area contributed by atoms with Crippen molar-refractivity contribution < 1.29 is 20.4 Å². The summed E-state index contributed by atoms with van der Waals surface area (Å²) in [4.78, 5) is 0. The summed E-state index contributed by atoms with van der Waals surface area (Å²) in [7, 11) is 0. The zero-order chi connectivity index (χ0) is 21.2. The fourth-order valence-electron chi connectivity index (χ4n) is 3.45. The molecule has 1 aromatic carbocycles. The number of hydrogen-bond donors (Lipinski definition) is 4. The van der Waals surface area contributed by atoms with Gasteiger partial charge in [-0.2, -0.15) is 0 Å². The molecule has 0 amide bonds. The van der Waals surface area contributed by atoms with E-state index in [-0.39, 0.29) is 10.8 Å². The van der Waals surface area contributed by atoms with Gasteiger partial charge in [-0.3, -0.25) is 0 Å². The third-order valence-corrected chi connectivity index (χ3v) is 5.80. The van der Waals surface area contributed by atoms with Gasteiger partial charge in [0.25, 0.3) is 0 Å². The van der Waals surface area contributed by atoms with Crippen molar-refractivity contribution >= 4 is 0 Å². The van der Waals surface area contributed by atoms with E-state index in [1.54, 1.807) is 0 Å². The van der Waals surface area contributed by atoms with Gasteiger partial charge in [0, 0.05) is 0 Å². The summed E-state index contributed by atoms with van der Waals surface area (Å²) in [6.45, 7) is 15.5. The van der Waals surface area contributed by atoms with Crippen LogP contribution >= 0.6 is 0 Å². The number of aliphatic hydroxyl groups is 4. The van der Waals surface area contributed by atoms with E-state index in [0.717, 1.165) is 23.1 Å². The molecule has 0 radical (unpaired) electrons. The van der Waals surface area contributed by atoms with Crippen LogP contribution in [-0.2, 0) is 10.8 Å². The molecule has 2 atom stereocenters. The molecular weight excluding hydrogens is 340 g/mol. The van der Waals surface area contributed by atoms with Crippen LogP contribution in [0.4, 0.5) is 0 Å². The molecule has 4 nitrogen and oxygen atoms in total. The van der Waals surface area contributed by atoms with Crippen molar-refractivity contribution in [1.29, 1.82) is 0 Å². The van der Waals surface area contributed by atoms with E-state index in [2.05, 4.69) is 67.5 Å². The summed E-state index contributed by atoms with van der Waals surface area (Å²) in [5.74, 6) is 0.386. The lowest BCUT2D eigenvalue weighted by atomic mass is 9.68. The Kier molecular flexibility index (Phi) is 7.68. The van der Waals surface area contributed by atoms with Crippen LogP contribution in [-0.4, -0.2) is 40.2 Å². The second-order valence-corrected chi connectivity index (χ2v) is 10.1. The zero-order valence-corrected chi connectivity index (χ0v) is 18.4. The van der Waals surface area contributed by atoms with E-state index in [1.165, 1.54) is 5.56 Å². The Morgan fingerprint density at radius 3 is 1.44 bits per heavy atom. The quantitative estimate of drug-likeness (QED) is 0.580. The van der Waals surface area contributed by atoms with Crippen molar-refractivity contribution in [2.45, 2.75) is 84.7 Å². The van der Waals surface area contributed by atoms with Crippen LogP contribution in [0.3, 0.4) is 0 Å². The Labute approximate surface area is 165 Å². The Bertz CT molecular complexity index is 575. The van der Waals surface area contributed by atoms with E-state index in [4.69, 9.17) is 0 Å². The Morgan fingerprint density at radius 1 is 0.815 bits per heavy atom. The molecular formula is C23H40O4. The molecule has 0 aliphatic heterocycles. The first-order valence-corrected chi connectivity index (χ1v) is 9.98. The second-order valence-electron chi connectivity index (χ2n) is 10.1. The normalized spacial score (nSPS) is 15.7. The van der Waals surface area contributed by atoms with Crippen LogP contribution in [0.1, 0.15) is 96.1 Å². The molecule has 0 aliphatic rings. The van der Waals surface area contributed by atoms with E-state index in [9.17, 15) is 20.4 Å². The predicted molar refractivity (Wildman–Crippen MR) is 111 cm³/mol. The number of hydrogen-bond acceptors (Lipinski definition) is 4. The zero-order valence-electron chi connectivity index (χ0n) is 18.4. The van der Waals surface area contributed by atoms with Gasteiger partial charge in [0.2, 0.25) is 0 Å². The molecule has 0 aliphatic carbocycles. The van der Waals surface area contributed by atoms with Crippen molar-refractivity contribution in [3.05, 3.63) is 34.4 Å². The number of aliphatic hydroxyl groups excluding tert-OH is 4. The lowest BCUT2D eigenvalue weighted by molar-refractivity contribution is -0.0862. The molecule has 4 N–H and O–H groups in total. The van der Waals surface area contributed by atoms with E-state index >= 15 is 0 Å². The topological polar surface area (TPSA) is 80.9 Å². The van der Waals surface area contributed by atoms with Crippen LogP contribution < -0.4 is 0 Å². The maximum absolute atomic E-state index is 11.3. The number of rotatable bonds is 7. The molecule has 0 fully saturated rings. The highest BCUT2D eigenvalue weighted by atomic mass is 16.3. The summed E-state index contributed by atoms with van der Waals surface area (Å²) in [5.41, 5.74) is 2.07. The predicted octanol–water partition coefficient (Wildman–Crippen LogP) is 3.79. The largest absolute Gasteiger partial charge is 0.395 e. The third-order valence-electron chi connectivity index (χ3n) is 5.80. The van der Waals surface area contributed by atoms with Gasteiger partial charge in [0.15, 0.2) is 0 Å². The highest BCUT2D eigenvalue weighted by Gasteiger charge is 2.42. The monoisotopic (exact) mass is 380 g/mol. The van der Waals surface area contributed by atoms with Gasteiger partial charge in [-0.15, -0.1) is 0 Å². The van der Waals surface area contributed by atoms with Gasteiger partial charge in [-0.05, 0) is 45.4 Å². The Morgan fingerprint density at radius 2 is 1.19 bits per heavy atom. The highest BCUT2D eigenvalue weighted by molar-refractivity contribution is 5.48. The molecule has 27 heavy (non-hydrogen) atoms. The average Bonchev–Trinajstić information content (AvgIpc) is 2.60. The minimum Gasteiger partial charge on any atom is -0.395 e. The van der Waals surface area contributed by atoms with Crippen LogP contribution in [0.25, 0.3) is 0 Å². The van der Waals surface area contributed by atoms with Crippen molar-refractivity contribution in [3.63, 3.8) is 0 Å². The van der Waals surface area contributed by atoms with Crippen LogP contribution in [0.5, 0.6) is 0 Å². The first-order valence-electron chi connectivity index (χ1n) is 9.98. The lowest BCUT2D eigenvalue weighted by Crippen LogP contribution is -2.42. The van der Waals surface area contributed by atoms with Gasteiger partial charge >= 0.3 is 0 Å². The summed E-state index contributed by atoms with van der Waals surface area (Å²) in [6, 6.07) is 4.30. The summed E-state index contributed by atoms with van der Waals surface area (Å²) >= 11 is 0. The average molecular weight is 381 g/mol. The summed E-state index contributed by atoms with van der Waals surface area (Å²) in [6.07, 6.45) is -0.157. The summed E-state index contributed by atoms with van der Waals surface area (Å²) in [5, 5.41) is 41.0. The molecule has 2 unspecified atom stereocenters. The molecule has 156 valence electrons. The van der Waals surface area contributed by atoms with E-state index in [1.807, 2.05) is 0 Å². The standard InChI is InChI=1S/C23H40O4/c1-9-15(2)16-10-17(21(3,4)5)19(18(11-16)22(6,7)8)20(27)23(12-24,13-25)14-26/h10-11,15,20,24-27H,9,12-14H2,1-8H3. The first kappa shape index (κ1) is 24.1. The fraction of sp³-hybridized carbons (Fsp3) is 0.739. The second kappa shape index (κ2) is 8.60. The van der Waals surface area contributed by atoms with Crippen LogP contribution in [0, 0.1) is 5.41 Å². The minimum absolute atomic E-state index is 0.244. The van der Waals surface area contributed by atoms with Crippen molar-refractivity contribution in [2.24, 2.45) is 5.41 Å². The molecule has 0 spiro atoms. The van der Waals surface area contributed by atoms with E-state index in [0.29, 0.717) is 5.92 Å². The maximum atomic E-state index is 11.3. The van der Waals surface area contributed by atoms with Gasteiger partial charge in [-0.1, -0.05) is 67.5 Å². The fourth-order valence-corrected chi connectivity index (χ4v) is 3.45. The highest BCUT2D eigenvalue weighted by Crippen LogP contribution is 2.45. The minimum atomic E-state index is -1.39. The van der Waals surface area contributed by atoms with Gasteiger partial charge in [0.1, 0.15) is 0 Å². The van der Waals surface area contributed by atoms with Crippen molar-refractivity contribution in [1.82, 2.24) is 0 Å². The summed E-state index contributed by atoms with van der Waals surface area (Å²) < 4.78 is 0. The molecule has 1 rings (SSSR count). The Balaban J connectivity index is 3.94. The molecule has 0 saturated heterocycles. The van der Waals surface area contributed by atoms with Crippen molar-refractivity contribution in [3.8, 4) is 0 Å². The van der Waals surface area contributed by atoms with Crippen LogP contribution in [0.15, 0.2) is 12.1 Å². The third kappa shape index (κ3) is 4.92. The molecule has 0 heterocycles. The smallest absolute Gasteiger partial charge is 0.0918 e. The van der Waals surface area contributed by atoms with Gasteiger partial charge < -0.3 is 20.4 Å². The van der Waals surface area contributed by atoms with Crippen molar-refractivity contribution in [2.75, 3.05) is 19.8 Å². The molecule has 0 aromatic heterocycles. The Hall–Kier alpha value is -0.940.